The van der Waals surface area contributed by atoms with Crippen molar-refractivity contribution >= 4 is 27.3 Å². The van der Waals surface area contributed by atoms with Gasteiger partial charge in [0.2, 0.25) is 10.0 Å². The Bertz CT molecular complexity index is 624. The number of carbonyl (C=O) groups is 1. The second-order valence-electron chi connectivity index (χ2n) is 5.27. The largest absolute Gasteiger partial charge is 0.465 e. The van der Waals surface area contributed by atoms with Crippen LogP contribution >= 0.6 is 11.3 Å². The summed E-state index contributed by atoms with van der Waals surface area (Å²) in [6.07, 6.45) is 1.47. The van der Waals surface area contributed by atoms with E-state index >= 15 is 0 Å². The fourth-order valence-corrected chi connectivity index (χ4v) is 5.51. The number of esters is 1. The number of aryl methyl sites for hydroxylation is 1. The van der Waals surface area contributed by atoms with E-state index in [1.807, 2.05) is 6.92 Å². The topological polar surface area (TPSA) is 84.5 Å². The summed E-state index contributed by atoms with van der Waals surface area (Å²) in [4.78, 5) is 11.9. The zero-order valence-electron chi connectivity index (χ0n) is 12.3. The minimum absolute atomic E-state index is 0.0468. The SMILES string of the molecule is COC(=O)c1scc(C)c1S(=O)(=O)NC1CCNC(C)C1. The van der Waals surface area contributed by atoms with E-state index < -0.39 is 16.0 Å². The zero-order chi connectivity index (χ0) is 15.6. The highest BCUT2D eigenvalue weighted by Crippen LogP contribution is 2.28. The highest BCUT2D eigenvalue weighted by Gasteiger charge is 2.30. The number of carbonyl (C=O) groups excluding carboxylic acids is 1. The zero-order valence-corrected chi connectivity index (χ0v) is 13.9. The molecule has 118 valence electrons. The molecule has 1 saturated heterocycles. The van der Waals surface area contributed by atoms with E-state index in [0.29, 0.717) is 5.56 Å². The van der Waals surface area contributed by atoms with E-state index in [0.717, 1.165) is 30.7 Å². The molecule has 2 unspecified atom stereocenters. The minimum atomic E-state index is -3.72. The van der Waals surface area contributed by atoms with E-state index in [2.05, 4.69) is 14.8 Å². The van der Waals surface area contributed by atoms with Crippen LogP contribution in [-0.4, -0.2) is 40.1 Å². The Balaban J connectivity index is 2.27. The fraction of sp³-hybridized carbons (Fsp3) is 0.615. The van der Waals surface area contributed by atoms with Gasteiger partial charge in [-0.2, -0.15) is 0 Å². The lowest BCUT2D eigenvalue weighted by Gasteiger charge is -2.28. The van der Waals surface area contributed by atoms with Gasteiger partial charge >= 0.3 is 5.97 Å². The van der Waals surface area contributed by atoms with Gasteiger partial charge in [0.1, 0.15) is 9.77 Å². The third kappa shape index (κ3) is 3.63. The van der Waals surface area contributed by atoms with Gasteiger partial charge in [-0.05, 0) is 44.2 Å². The Morgan fingerprint density at radius 2 is 2.24 bits per heavy atom. The van der Waals surface area contributed by atoms with Crippen LogP contribution in [0.4, 0.5) is 0 Å². The van der Waals surface area contributed by atoms with Crippen LogP contribution in [0.15, 0.2) is 10.3 Å². The predicted molar refractivity (Wildman–Crippen MR) is 81.2 cm³/mol. The monoisotopic (exact) mass is 332 g/mol. The van der Waals surface area contributed by atoms with E-state index in [-0.39, 0.29) is 21.9 Å². The molecule has 6 nitrogen and oxygen atoms in total. The third-order valence-corrected chi connectivity index (χ3v) is 6.42. The Hall–Kier alpha value is -0.960. The molecule has 2 N–H and O–H groups in total. The lowest BCUT2D eigenvalue weighted by Crippen LogP contribution is -2.46. The van der Waals surface area contributed by atoms with Crippen molar-refractivity contribution in [1.82, 2.24) is 10.0 Å². The van der Waals surface area contributed by atoms with Crippen LogP contribution in [0.25, 0.3) is 0 Å². The third-order valence-electron chi connectivity index (χ3n) is 3.50. The number of sulfonamides is 1. The molecule has 0 aliphatic carbocycles. The van der Waals surface area contributed by atoms with Crippen molar-refractivity contribution in [3.8, 4) is 0 Å². The summed E-state index contributed by atoms with van der Waals surface area (Å²) in [7, 11) is -2.48. The van der Waals surface area contributed by atoms with E-state index in [1.54, 1.807) is 12.3 Å². The van der Waals surface area contributed by atoms with E-state index in [4.69, 9.17) is 0 Å². The molecule has 21 heavy (non-hydrogen) atoms. The van der Waals surface area contributed by atoms with Gasteiger partial charge in [-0.3, -0.25) is 0 Å². The van der Waals surface area contributed by atoms with Crippen LogP contribution in [0.3, 0.4) is 0 Å². The molecule has 0 saturated carbocycles. The molecule has 2 atom stereocenters. The average molecular weight is 332 g/mol. The van der Waals surface area contributed by atoms with E-state index in [1.165, 1.54) is 7.11 Å². The number of ether oxygens (including phenoxy) is 1. The first-order valence-corrected chi connectivity index (χ1v) is 9.13. The van der Waals surface area contributed by atoms with E-state index in [9.17, 15) is 13.2 Å². The molecule has 1 aromatic heterocycles. The van der Waals surface area contributed by atoms with Gasteiger partial charge < -0.3 is 10.1 Å². The normalized spacial score (nSPS) is 23.0. The second-order valence-corrected chi connectivity index (χ2v) is 7.80. The molecule has 2 heterocycles. The van der Waals surface area contributed by atoms with Crippen molar-refractivity contribution in [2.75, 3.05) is 13.7 Å². The van der Waals surface area contributed by atoms with Crippen LogP contribution in [-0.2, 0) is 14.8 Å². The van der Waals surface area contributed by atoms with Crippen LogP contribution < -0.4 is 10.0 Å². The summed E-state index contributed by atoms with van der Waals surface area (Å²) in [6, 6.07) is 0.158. The van der Waals surface area contributed by atoms with Gasteiger partial charge in [0.05, 0.1) is 7.11 Å². The Kier molecular flexibility index (Phi) is 5.03. The standard InChI is InChI=1S/C13H20N2O4S2/c1-8-7-20-11(13(16)19-3)12(8)21(17,18)15-10-4-5-14-9(2)6-10/h7,9-10,14-15H,4-6H2,1-3H3. The summed E-state index contributed by atoms with van der Waals surface area (Å²) < 4.78 is 32.6. The highest BCUT2D eigenvalue weighted by atomic mass is 32.2. The molecule has 1 aromatic rings. The maximum Gasteiger partial charge on any atom is 0.349 e. The molecular weight excluding hydrogens is 312 g/mol. The maximum absolute atomic E-state index is 12.6. The van der Waals surface area contributed by atoms with Crippen LogP contribution in [0.2, 0.25) is 0 Å². The number of nitrogens with one attached hydrogen (secondary N) is 2. The van der Waals surface area contributed by atoms with Gasteiger partial charge in [0.25, 0.3) is 0 Å². The quantitative estimate of drug-likeness (QED) is 0.811. The van der Waals surface area contributed by atoms with Crippen molar-refractivity contribution in [2.24, 2.45) is 0 Å². The number of thiophene rings is 1. The lowest BCUT2D eigenvalue weighted by molar-refractivity contribution is 0.0602. The van der Waals surface area contributed by atoms with Crippen molar-refractivity contribution in [3.63, 3.8) is 0 Å². The van der Waals surface area contributed by atoms with Gasteiger partial charge in [-0.25, -0.2) is 17.9 Å². The highest BCUT2D eigenvalue weighted by molar-refractivity contribution is 7.89. The molecule has 0 aromatic carbocycles. The Morgan fingerprint density at radius 3 is 2.86 bits per heavy atom. The predicted octanol–water partition coefficient (Wildman–Crippen LogP) is 1.26. The fourth-order valence-electron chi connectivity index (χ4n) is 2.52. The number of methoxy groups -OCH3 is 1. The maximum atomic E-state index is 12.6. The molecule has 0 bridgehead atoms. The molecule has 1 aliphatic heterocycles. The van der Waals surface area contributed by atoms with Crippen molar-refractivity contribution in [2.45, 2.75) is 43.7 Å². The smallest absolute Gasteiger partial charge is 0.349 e. The molecule has 0 spiro atoms. The van der Waals surface area contributed by atoms with Gasteiger partial charge in [-0.1, -0.05) is 0 Å². The molecule has 0 amide bonds. The molecule has 1 aliphatic rings. The second kappa shape index (κ2) is 6.43. The first kappa shape index (κ1) is 16.4. The number of hydrogen-bond donors (Lipinski definition) is 2. The summed E-state index contributed by atoms with van der Waals surface area (Å²) in [5.41, 5.74) is 0.565. The first-order chi connectivity index (χ1) is 9.85. The minimum Gasteiger partial charge on any atom is -0.465 e. The first-order valence-electron chi connectivity index (χ1n) is 6.77. The average Bonchev–Trinajstić information content (AvgIpc) is 2.80. The molecule has 2 rings (SSSR count). The number of rotatable bonds is 4. The van der Waals surface area contributed by atoms with Crippen LogP contribution in [0.1, 0.15) is 35.0 Å². The Labute approximate surface area is 128 Å². The summed E-state index contributed by atoms with van der Waals surface area (Å²) in [5.74, 6) is -0.618. The molecular formula is C13H20N2O4S2. The van der Waals surface area contributed by atoms with Crippen molar-refractivity contribution in [1.29, 1.82) is 0 Å². The van der Waals surface area contributed by atoms with Crippen LogP contribution in [0, 0.1) is 6.92 Å². The van der Waals surface area contributed by atoms with Crippen LogP contribution in [0.5, 0.6) is 0 Å². The molecule has 0 radical (unpaired) electrons. The number of piperidine rings is 1. The summed E-state index contributed by atoms with van der Waals surface area (Å²) in [5, 5.41) is 4.93. The summed E-state index contributed by atoms with van der Waals surface area (Å²) in [6.45, 7) is 4.49. The summed E-state index contributed by atoms with van der Waals surface area (Å²) >= 11 is 1.09. The van der Waals surface area contributed by atoms with Gasteiger partial charge in [-0.15, -0.1) is 11.3 Å². The number of hydrogen-bond acceptors (Lipinski definition) is 6. The Morgan fingerprint density at radius 1 is 1.52 bits per heavy atom. The van der Waals surface area contributed by atoms with Gasteiger partial charge in [0.15, 0.2) is 0 Å². The van der Waals surface area contributed by atoms with Crippen molar-refractivity contribution in [3.05, 3.63) is 15.8 Å². The van der Waals surface area contributed by atoms with Crippen molar-refractivity contribution < 1.29 is 17.9 Å². The van der Waals surface area contributed by atoms with Gasteiger partial charge in [0, 0.05) is 12.1 Å². The molecule has 1 fully saturated rings. The molecule has 8 heteroatoms. The lowest BCUT2D eigenvalue weighted by atomic mass is 10.0.